The summed E-state index contributed by atoms with van der Waals surface area (Å²) in [5.74, 6) is -0.00690. The van der Waals surface area contributed by atoms with E-state index in [9.17, 15) is 9.59 Å². The van der Waals surface area contributed by atoms with Crippen molar-refractivity contribution in [3.63, 3.8) is 0 Å². The highest BCUT2D eigenvalue weighted by Crippen LogP contribution is 2.19. The van der Waals surface area contributed by atoms with Gasteiger partial charge in [-0.05, 0) is 30.3 Å². The smallest absolute Gasteiger partial charge is 0.340 e. The van der Waals surface area contributed by atoms with Crippen molar-refractivity contribution in [2.45, 2.75) is 0 Å². The number of carbonyl (C=O) groups excluding carboxylic acids is 2. The highest BCUT2D eigenvalue weighted by Gasteiger charge is 2.23. The molecule has 0 saturated carbocycles. The Hall–Kier alpha value is -2.80. The molecule has 26 heavy (non-hydrogen) atoms. The molecule has 0 atom stereocenters. The minimum Gasteiger partial charge on any atom is -0.452 e. The van der Waals surface area contributed by atoms with Crippen LogP contribution in [-0.2, 0) is 9.53 Å². The van der Waals surface area contributed by atoms with Gasteiger partial charge < -0.3 is 20.3 Å². The average Bonchev–Trinajstić information content (AvgIpc) is 2.68. The second-order valence-electron chi connectivity index (χ2n) is 5.86. The van der Waals surface area contributed by atoms with Gasteiger partial charge in [0.2, 0.25) is 0 Å². The molecule has 8 heteroatoms. The molecule has 0 spiro atoms. The number of nitrogen functional groups attached to an aromatic ring is 1. The second-order valence-corrected chi connectivity index (χ2v) is 6.30. The number of aromatic nitrogens is 1. The van der Waals surface area contributed by atoms with Crippen LogP contribution in [-0.4, -0.2) is 54.5 Å². The van der Waals surface area contributed by atoms with Crippen LogP contribution in [0.4, 0.5) is 11.5 Å². The molecule has 1 fully saturated rings. The van der Waals surface area contributed by atoms with E-state index in [0.717, 1.165) is 5.82 Å². The Morgan fingerprint density at radius 2 is 1.92 bits per heavy atom. The SMILES string of the molecule is Nc1ccc(Cl)cc1C(=O)OCC(=O)N1CCN(c2ccccn2)CC1. The fourth-order valence-electron chi connectivity index (χ4n) is 2.73. The number of nitrogens with two attached hydrogens (primary N) is 1. The molecule has 1 aromatic heterocycles. The van der Waals surface area contributed by atoms with E-state index in [-0.39, 0.29) is 23.8 Å². The molecule has 1 amide bonds. The minimum atomic E-state index is -0.662. The van der Waals surface area contributed by atoms with Crippen molar-refractivity contribution in [1.29, 1.82) is 0 Å². The lowest BCUT2D eigenvalue weighted by molar-refractivity contribution is -0.134. The van der Waals surface area contributed by atoms with Crippen LogP contribution in [0.5, 0.6) is 0 Å². The lowest BCUT2D eigenvalue weighted by atomic mass is 10.2. The van der Waals surface area contributed by atoms with Crippen molar-refractivity contribution in [2.75, 3.05) is 43.4 Å². The van der Waals surface area contributed by atoms with Gasteiger partial charge in [-0.2, -0.15) is 0 Å². The first-order valence-corrected chi connectivity index (χ1v) is 8.58. The zero-order valence-electron chi connectivity index (χ0n) is 14.1. The van der Waals surface area contributed by atoms with E-state index >= 15 is 0 Å². The van der Waals surface area contributed by atoms with Gasteiger partial charge in [-0.3, -0.25) is 4.79 Å². The number of hydrogen-bond acceptors (Lipinski definition) is 6. The van der Waals surface area contributed by atoms with Gasteiger partial charge in [-0.15, -0.1) is 0 Å². The first kappa shape index (κ1) is 18.0. The van der Waals surface area contributed by atoms with Crippen LogP contribution < -0.4 is 10.6 Å². The number of ether oxygens (including phenoxy) is 1. The molecular weight excluding hydrogens is 356 g/mol. The Morgan fingerprint density at radius 1 is 1.15 bits per heavy atom. The van der Waals surface area contributed by atoms with Crippen molar-refractivity contribution in [3.05, 3.63) is 53.2 Å². The highest BCUT2D eigenvalue weighted by atomic mass is 35.5. The average molecular weight is 375 g/mol. The molecule has 1 aromatic carbocycles. The highest BCUT2D eigenvalue weighted by molar-refractivity contribution is 6.31. The Balaban J connectivity index is 1.50. The summed E-state index contributed by atoms with van der Waals surface area (Å²) in [6.45, 7) is 2.13. The number of piperazine rings is 1. The topological polar surface area (TPSA) is 88.8 Å². The number of hydrogen-bond donors (Lipinski definition) is 1. The summed E-state index contributed by atoms with van der Waals surface area (Å²) in [4.78, 5) is 32.5. The quantitative estimate of drug-likeness (QED) is 0.648. The summed E-state index contributed by atoms with van der Waals surface area (Å²) in [5.41, 5.74) is 6.16. The van der Waals surface area contributed by atoms with E-state index in [1.165, 1.54) is 12.1 Å². The molecule has 3 rings (SSSR count). The number of benzene rings is 1. The normalized spacial score (nSPS) is 14.2. The molecule has 1 saturated heterocycles. The van der Waals surface area contributed by atoms with Gasteiger partial charge in [0, 0.05) is 43.1 Å². The van der Waals surface area contributed by atoms with Gasteiger partial charge in [-0.1, -0.05) is 17.7 Å². The molecule has 1 aliphatic rings. The minimum absolute atomic E-state index is 0.158. The van der Waals surface area contributed by atoms with Crippen molar-refractivity contribution in [2.24, 2.45) is 0 Å². The number of amides is 1. The lowest BCUT2D eigenvalue weighted by Crippen LogP contribution is -2.50. The van der Waals surface area contributed by atoms with Gasteiger partial charge in [0.25, 0.3) is 5.91 Å². The zero-order chi connectivity index (χ0) is 18.5. The van der Waals surface area contributed by atoms with Gasteiger partial charge in [0.15, 0.2) is 6.61 Å². The molecule has 2 aromatic rings. The van der Waals surface area contributed by atoms with Crippen LogP contribution in [0.3, 0.4) is 0 Å². The standard InChI is InChI=1S/C18H19ClN4O3/c19-13-4-5-15(20)14(11-13)18(25)26-12-17(24)23-9-7-22(8-10-23)16-3-1-2-6-21-16/h1-6,11H,7-10,12,20H2. The molecule has 0 bridgehead atoms. The van der Waals surface area contributed by atoms with Crippen LogP contribution in [0, 0.1) is 0 Å². The van der Waals surface area contributed by atoms with Crippen molar-refractivity contribution >= 4 is 35.0 Å². The molecule has 0 radical (unpaired) electrons. The molecule has 7 nitrogen and oxygen atoms in total. The first-order chi connectivity index (χ1) is 12.5. The van der Waals surface area contributed by atoms with Gasteiger partial charge in [0.1, 0.15) is 5.82 Å². The molecule has 2 N–H and O–H groups in total. The van der Waals surface area contributed by atoms with E-state index in [4.69, 9.17) is 22.1 Å². The number of pyridine rings is 1. The largest absolute Gasteiger partial charge is 0.452 e. The van der Waals surface area contributed by atoms with E-state index in [1.807, 2.05) is 18.2 Å². The Bertz CT molecular complexity index is 792. The van der Waals surface area contributed by atoms with Crippen molar-refractivity contribution in [3.8, 4) is 0 Å². The fourth-order valence-corrected chi connectivity index (χ4v) is 2.90. The Labute approximate surface area is 156 Å². The lowest BCUT2D eigenvalue weighted by Gasteiger charge is -2.35. The van der Waals surface area contributed by atoms with E-state index in [1.54, 1.807) is 17.2 Å². The van der Waals surface area contributed by atoms with E-state index < -0.39 is 5.97 Å². The molecule has 136 valence electrons. The summed E-state index contributed by atoms with van der Waals surface area (Å²) in [7, 11) is 0. The van der Waals surface area contributed by atoms with Crippen LogP contribution >= 0.6 is 11.6 Å². The molecular formula is C18H19ClN4O3. The van der Waals surface area contributed by atoms with Gasteiger partial charge in [-0.25, -0.2) is 9.78 Å². The Morgan fingerprint density at radius 3 is 2.62 bits per heavy atom. The van der Waals surface area contributed by atoms with Crippen molar-refractivity contribution < 1.29 is 14.3 Å². The van der Waals surface area contributed by atoms with Crippen LogP contribution in [0.15, 0.2) is 42.6 Å². The number of nitrogens with zero attached hydrogens (tertiary/aromatic N) is 3. The Kier molecular flexibility index (Phi) is 5.58. The third kappa shape index (κ3) is 4.23. The molecule has 0 unspecified atom stereocenters. The first-order valence-electron chi connectivity index (χ1n) is 8.20. The second kappa shape index (κ2) is 8.05. The number of rotatable bonds is 4. The third-order valence-corrected chi connectivity index (χ3v) is 4.40. The summed E-state index contributed by atoms with van der Waals surface area (Å²) in [6, 6.07) is 10.3. The fraction of sp³-hybridized carbons (Fsp3) is 0.278. The molecule has 0 aliphatic carbocycles. The number of anilines is 2. The third-order valence-electron chi connectivity index (χ3n) is 4.17. The summed E-state index contributed by atoms with van der Waals surface area (Å²) in [6.07, 6.45) is 1.74. The van der Waals surface area contributed by atoms with Crippen LogP contribution in [0.25, 0.3) is 0 Å². The summed E-state index contributed by atoms with van der Waals surface area (Å²) in [5, 5.41) is 0.378. The van der Waals surface area contributed by atoms with Gasteiger partial charge in [0.05, 0.1) is 5.56 Å². The predicted molar refractivity (Wildman–Crippen MR) is 99.2 cm³/mol. The zero-order valence-corrected chi connectivity index (χ0v) is 14.9. The van der Waals surface area contributed by atoms with Crippen molar-refractivity contribution in [1.82, 2.24) is 9.88 Å². The monoisotopic (exact) mass is 374 g/mol. The van der Waals surface area contributed by atoms with Crippen LogP contribution in [0.1, 0.15) is 10.4 Å². The number of esters is 1. The number of halogens is 1. The van der Waals surface area contributed by atoms with Gasteiger partial charge >= 0.3 is 5.97 Å². The maximum absolute atomic E-state index is 12.3. The molecule has 2 heterocycles. The van der Waals surface area contributed by atoms with E-state index in [0.29, 0.717) is 31.2 Å². The predicted octanol–water partition coefficient (Wildman–Crippen LogP) is 1.82. The molecule has 1 aliphatic heterocycles. The summed E-state index contributed by atoms with van der Waals surface area (Å²) >= 11 is 5.86. The van der Waals surface area contributed by atoms with E-state index in [2.05, 4.69) is 9.88 Å². The summed E-state index contributed by atoms with van der Waals surface area (Å²) < 4.78 is 5.10. The van der Waals surface area contributed by atoms with Crippen LogP contribution in [0.2, 0.25) is 5.02 Å². The maximum Gasteiger partial charge on any atom is 0.340 e. The number of carbonyl (C=O) groups is 2. The maximum atomic E-state index is 12.3.